The smallest absolute Gasteiger partial charge is 0.316 e. The first-order valence-corrected chi connectivity index (χ1v) is 7.47. The fraction of sp³-hybridized carbons (Fsp3) is 0.412. The van der Waals surface area contributed by atoms with Crippen LogP contribution in [-0.2, 0) is 9.59 Å². The number of hydrogen-bond acceptors (Lipinski definition) is 2. The second kappa shape index (κ2) is 7.62. The quantitative estimate of drug-likeness (QED) is 0.683. The molecule has 0 radical (unpaired) electrons. The SMILES string of the molecule is CN(C(=O)C(=O)NCCC1=CCCCC1)c1ccccc1. The Kier molecular flexibility index (Phi) is 5.55. The van der Waals surface area contributed by atoms with Crippen molar-refractivity contribution in [1.82, 2.24) is 5.32 Å². The van der Waals surface area contributed by atoms with Crippen molar-refractivity contribution in [3.05, 3.63) is 42.0 Å². The summed E-state index contributed by atoms with van der Waals surface area (Å²) in [4.78, 5) is 25.3. The van der Waals surface area contributed by atoms with E-state index in [-0.39, 0.29) is 0 Å². The molecule has 2 amide bonds. The molecule has 1 N–H and O–H groups in total. The molecule has 0 fully saturated rings. The fourth-order valence-electron chi connectivity index (χ4n) is 2.47. The van der Waals surface area contributed by atoms with Crippen LogP contribution in [0.2, 0.25) is 0 Å². The molecule has 112 valence electrons. The van der Waals surface area contributed by atoms with Crippen LogP contribution in [0.4, 0.5) is 5.69 Å². The first kappa shape index (κ1) is 15.3. The summed E-state index contributed by atoms with van der Waals surface area (Å²) in [7, 11) is 1.61. The van der Waals surface area contributed by atoms with Crippen molar-refractivity contribution in [3.63, 3.8) is 0 Å². The average molecular weight is 286 g/mol. The maximum atomic E-state index is 12.0. The Balaban J connectivity index is 1.80. The van der Waals surface area contributed by atoms with Gasteiger partial charge in [0.25, 0.3) is 0 Å². The van der Waals surface area contributed by atoms with Crippen LogP contribution in [0.5, 0.6) is 0 Å². The number of nitrogens with one attached hydrogen (secondary N) is 1. The lowest BCUT2D eigenvalue weighted by molar-refractivity contribution is -0.137. The van der Waals surface area contributed by atoms with E-state index in [9.17, 15) is 9.59 Å². The first-order chi connectivity index (χ1) is 10.2. The van der Waals surface area contributed by atoms with Crippen molar-refractivity contribution < 1.29 is 9.59 Å². The van der Waals surface area contributed by atoms with Crippen LogP contribution in [0, 0.1) is 0 Å². The molecule has 0 aromatic heterocycles. The van der Waals surface area contributed by atoms with Gasteiger partial charge >= 0.3 is 11.8 Å². The van der Waals surface area contributed by atoms with Crippen LogP contribution in [0.15, 0.2) is 42.0 Å². The van der Waals surface area contributed by atoms with Gasteiger partial charge in [0.15, 0.2) is 0 Å². The van der Waals surface area contributed by atoms with Crippen molar-refractivity contribution in [2.24, 2.45) is 0 Å². The monoisotopic (exact) mass is 286 g/mol. The summed E-state index contributed by atoms with van der Waals surface area (Å²) in [5.74, 6) is -1.07. The predicted molar refractivity (Wildman–Crippen MR) is 84.0 cm³/mol. The minimum absolute atomic E-state index is 0.527. The van der Waals surface area contributed by atoms with E-state index in [4.69, 9.17) is 0 Å². The van der Waals surface area contributed by atoms with Gasteiger partial charge in [-0.25, -0.2) is 0 Å². The topological polar surface area (TPSA) is 49.4 Å². The Morgan fingerprint density at radius 3 is 2.62 bits per heavy atom. The minimum atomic E-state index is -0.544. The van der Waals surface area contributed by atoms with Crippen molar-refractivity contribution in [2.75, 3.05) is 18.5 Å². The molecule has 2 rings (SSSR count). The lowest BCUT2D eigenvalue weighted by Gasteiger charge is -2.17. The number of benzene rings is 1. The molecule has 0 heterocycles. The molecule has 0 unspecified atom stereocenters. The van der Waals surface area contributed by atoms with E-state index in [2.05, 4.69) is 11.4 Å². The summed E-state index contributed by atoms with van der Waals surface area (Å²) < 4.78 is 0. The zero-order chi connectivity index (χ0) is 15.1. The molecule has 0 bridgehead atoms. The third-order valence-corrected chi connectivity index (χ3v) is 3.76. The van der Waals surface area contributed by atoms with Gasteiger partial charge in [-0.2, -0.15) is 0 Å². The lowest BCUT2D eigenvalue weighted by atomic mass is 9.97. The summed E-state index contributed by atoms with van der Waals surface area (Å²) >= 11 is 0. The summed E-state index contributed by atoms with van der Waals surface area (Å²) in [5, 5.41) is 2.71. The minimum Gasteiger partial charge on any atom is -0.347 e. The van der Waals surface area contributed by atoms with Crippen molar-refractivity contribution in [2.45, 2.75) is 32.1 Å². The molecule has 0 spiro atoms. The number of anilines is 1. The molecule has 0 aliphatic heterocycles. The van der Waals surface area contributed by atoms with Gasteiger partial charge < -0.3 is 10.2 Å². The van der Waals surface area contributed by atoms with Gasteiger partial charge in [-0.3, -0.25) is 9.59 Å². The number of allylic oxidation sites excluding steroid dienone is 1. The van der Waals surface area contributed by atoms with Gasteiger partial charge in [-0.05, 0) is 44.2 Å². The Hall–Kier alpha value is -2.10. The Morgan fingerprint density at radius 2 is 1.95 bits per heavy atom. The van der Waals surface area contributed by atoms with Gasteiger partial charge in [0.1, 0.15) is 0 Å². The second-order valence-corrected chi connectivity index (χ2v) is 5.31. The molecule has 1 aromatic carbocycles. The number of amides is 2. The number of para-hydroxylation sites is 1. The van der Waals surface area contributed by atoms with E-state index in [1.807, 2.05) is 18.2 Å². The summed E-state index contributed by atoms with van der Waals surface area (Å²) in [5.41, 5.74) is 2.11. The van der Waals surface area contributed by atoms with Crippen LogP contribution < -0.4 is 10.2 Å². The highest BCUT2D eigenvalue weighted by Crippen LogP contribution is 2.19. The molecule has 0 saturated carbocycles. The Bertz CT molecular complexity index is 523. The van der Waals surface area contributed by atoms with E-state index in [0.717, 1.165) is 19.3 Å². The average Bonchev–Trinajstić information content (AvgIpc) is 2.55. The highest BCUT2D eigenvalue weighted by atomic mass is 16.2. The van der Waals surface area contributed by atoms with E-state index in [1.54, 1.807) is 19.2 Å². The van der Waals surface area contributed by atoms with Crippen LogP contribution in [0.1, 0.15) is 32.1 Å². The number of likely N-dealkylation sites (N-methyl/N-ethyl adjacent to an activating group) is 1. The maximum Gasteiger partial charge on any atom is 0.316 e. The number of rotatable bonds is 4. The predicted octanol–water partition coefficient (Wildman–Crippen LogP) is 2.66. The lowest BCUT2D eigenvalue weighted by Crippen LogP contribution is -2.41. The fourth-order valence-corrected chi connectivity index (χ4v) is 2.47. The largest absolute Gasteiger partial charge is 0.347 e. The molecular formula is C17H22N2O2. The zero-order valence-electron chi connectivity index (χ0n) is 12.5. The maximum absolute atomic E-state index is 12.0. The van der Waals surface area contributed by atoms with Crippen LogP contribution >= 0.6 is 0 Å². The molecule has 0 atom stereocenters. The van der Waals surface area contributed by atoms with E-state index in [1.165, 1.54) is 23.3 Å². The molecular weight excluding hydrogens is 264 g/mol. The van der Waals surface area contributed by atoms with Crippen LogP contribution in [0.25, 0.3) is 0 Å². The third-order valence-electron chi connectivity index (χ3n) is 3.76. The standard InChI is InChI=1S/C17H22N2O2/c1-19(15-10-6-3-7-11-15)17(21)16(20)18-13-12-14-8-4-2-5-9-14/h3,6-8,10-11H,2,4-5,9,12-13H2,1H3,(H,18,20). The first-order valence-electron chi connectivity index (χ1n) is 7.47. The third kappa shape index (κ3) is 4.45. The van der Waals surface area contributed by atoms with Gasteiger partial charge in [-0.1, -0.05) is 29.8 Å². The molecule has 1 aromatic rings. The van der Waals surface area contributed by atoms with E-state index >= 15 is 0 Å². The highest BCUT2D eigenvalue weighted by molar-refractivity contribution is 6.40. The van der Waals surface area contributed by atoms with Crippen molar-refractivity contribution in [3.8, 4) is 0 Å². The van der Waals surface area contributed by atoms with Crippen molar-refractivity contribution in [1.29, 1.82) is 0 Å². The van der Waals surface area contributed by atoms with Gasteiger partial charge in [0.2, 0.25) is 0 Å². The summed E-state index contributed by atoms with van der Waals surface area (Å²) in [6.07, 6.45) is 7.85. The molecule has 4 heteroatoms. The van der Waals surface area contributed by atoms with Gasteiger partial charge in [-0.15, -0.1) is 0 Å². The highest BCUT2D eigenvalue weighted by Gasteiger charge is 2.19. The van der Waals surface area contributed by atoms with Gasteiger partial charge in [0.05, 0.1) is 0 Å². The number of hydrogen-bond donors (Lipinski definition) is 1. The zero-order valence-corrected chi connectivity index (χ0v) is 12.5. The van der Waals surface area contributed by atoms with E-state index < -0.39 is 11.8 Å². The number of nitrogens with zero attached hydrogens (tertiary/aromatic N) is 1. The summed E-state index contributed by atoms with van der Waals surface area (Å²) in [6, 6.07) is 9.16. The Morgan fingerprint density at radius 1 is 1.19 bits per heavy atom. The second-order valence-electron chi connectivity index (χ2n) is 5.31. The number of carbonyl (C=O) groups is 2. The van der Waals surface area contributed by atoms with Crippen LogP contribution in [-0.4, -0.2) is 25.4 Å². The van der Waals surface area contributed by atoms with E-state index in [0.29, 0.717) is 12.2 Å². The molecule has 0 saturated heterocycles. The molecule has 4 nitrogen and oxygen atoms in total. The summed E-state index contributed by atoms with van der Waals surface area (Å²) in [6.45, 7) is 0.527. The van der Waals surface area contributed by atoms with Gasteiger partial charge in [0, 0.05) is 19.3 Å². The normalized spacial score (nSPS) is 14.2. The molecule has 1 aliphatic carbocycles. The Labute approximate surface area is 125 Å². The van der Waals surface area contributed by atoms with Crippen molar-refractivity contribution >= 4 is 17.5 Å². The molecule has 21 heavy (non-hydrogen) atoms. The molecule has 1 aliphatic rings. The van der Waals surface area contributed by atoms with Crippen LogP contribution in [0.3, 0.4) is 0 Å². The number of carbonyl (C=O) groups excluding carboxylic acids is 2.